The lowest BCUT2D eigenvalue weighted by Gasteiger charge is -2.40. The fourth-order valence-electron chi connectivity index (χ4n) is 4.35. The molecule has 170 valence electrons. The molecular weight excluding hydrogens is 404 g/mol. The van der Waals surface area contributed by atoms with Crippen molar-refractivity contribution < 1.29 is 9.47 Å². The van der Waals surface area contributed by atoms with Crippen LogP contribution in [0.2, 0.25) is 0 Å². The minimum absolute atomic E-state index is 0.0338. The Labute approximate surface area is 189 Å². The third-order valence-electron chi connectivity index (χ3n) is 6.34. The number of nitrogens with zero attached hydrogens (tertiary/aromatic N) is 6. The van der Waals surface area contributed by atoms with Crippen molar-refractivity contribution in [2.75, 3.05) is 51.9 Å². The van der Waals surface area contributed by atoms with Gasteiger partial charge >= 0.3 is 0 Å². The summed E-state index contributed by atoms with van der Waals surface area (Å²) in [7, 11) is 3.38. The van der Waals surface area contributed by atoms with E-state index >= 15 is 0 Å². The van der Waals surface area contributed by atoms with Gasteiger partial charge in [0.25, 0.3) is 0 Å². The van der Waals surface area contributed by atoms with E-state index < -0.39 is 0 Å². The number of aromatic nitrogens is 4. The zero-order valence-electron chi connectivity index (χ0n) is 19.4. The van der Waals surface area contributed by atoms with Gasteiger partial charge in [0.05, 0.1) is 26.3 Å². The van der Waals surface area contributed by atoms with Gasteiger partial charge in [0, 0.05) is 39.0 Å². The van der Waals surface area contributed by atoms with E-state index in [2.05, 4.69) is 69.5 Å². The topological polar surface area (TPSA) is 68.5 Å². The largest absolute Gasteiger partial charge is 0.497 e. The molecule has 1 aliphatic rings. The van der Waals surface area contributed by atoms with Crippen molar-refractivity contribution in [3.63, 3.8) is 0 Å². The number of aryl methyl sites for hydroxylation is 1. The van der Waals surface area contributed by atoms with E-state index in [0.29, 0.717) is 13.2 Å². The van der Waals surface area contributed by atoms with Crippen LogP contribution in [-0.4, -0.2) is 72.1 Å². The molecule has 0 amide bonds. The van der Waals surface area contributed by atoms with Gasteiger partial charge in [-0.15, -0.1) is 5.10 Å². The highest BCUT2D eigenvalue weighted by atomic mass is 16.5. The lowest BCUT2D eigenvalue weighted by molar-refractivity contribution is 0.171. The zero-order valence-corrected chi connectivity index (χ0v) is 19.4. The Hall–Kier alpha value is -2.97. The van der Waals surface area contributed by atoms with Crippen molar-refractivity contribution in [2.45, 2.75) is 26.4 Å². The molecule has 3 aromatic rings. The summed E-state index contributed by atoms with van der Waals surface area (Å²) in [5.41, 5.74) is 5.17. The van der Waals surface area contributed by atoms with Gasteiger partial charge in [0.1, 0.15) is 5.75 Å². The summed E-state index contributed by atoms with van der Waals surface area (Å²) in [6.45, 7) is 9.31. The smallest absolute Gasteiger partial charge is 0.173 e. The number of tetrazole rings is 1. The van der Waals surface area contributed by atoms with E-state index in [-0.39, 0.29) is 6.04 Å². The molecule has 0 bridgehead atoms. The maximum Gasteiger partial charge on any atom is 0.173 e. The van der Waals surface area contributed by atoms with Crippen LogP contribution >= 0.6 is 0 Å². The molecule has 1 fully saturated rings. The second-order valence-electron chi connectivity index (χ2n) is 8.17. The van der Waals surface area contributed by atoms with Crippen molar-refractivity contribution in [3.05, 3.63) is 65.0 Å². The maximum absolute atomic E-state index is 5.36. The van der Waals surface area contributed by atoms with Gasteiger partial charge in [-0.1, -0.05) is 24.3 Å². The Balaban J connectivity index is 1.59. The molecule has 1 atom stereocenters. The Morgan fingerprint density at radius 3 is 2.41 bits per heavy atom. The second kappa shape index (κ2) is 10.1. The molecule has 1 saturated heterocycles. The van der Waals surface area contributed by atoms with Gasteiger partial charge in [-0.25, -0.2) is 4.68 Å². The van der Waals surface area contributed by atoms with Crippen molar-refractivity contribution in [3.8, 4) is 5.75 Å². The number of hydrogen-bond donors (Lipinski definition) is 0. The number of ether oxygens (including phenoxy) is 2. The third-order valence-corrected chi connectivity index (χ3v) is 6.34. The van der Waals surface area contributed by atoms with E-state index in [9.17, 15) is 0 Å². The fourth-order valence-corrected chi connectivity index (χ4v) is 4.35. The molecule has 1 aromatic heterocycles. The van der Waals surface area contributed by atoms with Crippen LogP contribution in [0.1, 0.15) is 28.6 Å². The molecule has 8 nitrogen and oxygen atoms in total. The van der Waals surface area contributed by atoms with Gasteiger partial charge in [-0.05, 0) is 59.2 Å². The van der Waals surface area contributed by atoms with Gasteiger partial charge < -0.3 is 14.4 Å². The summed E-state index contributed by atoms with van der Waals surface area (Å²) in [5.74, 6) is 1.68. The fraction of sp³-hybridized carbons (Fsp3) is 0.458. The first-order chi connectivity index (χ1) is 15.6. The van der Waals surface area contributed by atoms with Crippen LogP contribution in [0.5, 0.6) is 5.75 Å². The van der Waals surface area contributed by atoms with Crippen molar-refractivity contribution in [1.29, 1.82) is 0 Å². The van der Waals surface area contributed by atoms with E-state index in [4.69, 9.17) is 9.47 Å². The lowest BCUT2D eigenvalue weighted by Crippen LogP contribution is -2.48. The molecule has 8 heteroatoms. The van der Waals surface area contributed by atoms with E-state index in [0.717, 1.165) is 43.3 Å². The molecule has 32 heavy (non-hydrogen) atoms. The van der Waals surface area contributed by atoms with Crippen LogP contribution in [0.3, 0.4) is 0 Å². The van der Waals surface area contributed by atoms with Crippen LogP contribution in [0.15, 0.2) is 42.5 Å². The standard InChI is InChI=1S/C24H32N6O2/c1-18-6-5-7-22(19(18)2)28-12-14-29(15-13-28)23(20-8-10-21(32-4)11-9-20)24-25-26-27-30(24)16-17-31-3/h5-11,23H,12-17H2,1-4H3. The van der Waals surface area contributed by atoms with Gasteiger partial charge in [-0.2, -0.15) is 0 Å². The summed E-state index contributed by atoms with van der Waals surface area (Å²) in [4.78, 5) is 4.95. The van der Waals surface area contributed by atoms with E-state index in [1.54, 1.807) is 14.2 Å². The maximum atomic E-state index is 5.36. The highest BCUT2D eigenvalue weighted by molar-refractivity contribution is 5.56. The lowest BCUT2D eigenvalue weighted by atomic mass is 10.0. The van der Waals surface area contributed by atoms with Gasteiger partial charge in [0.2, 0.25) is 0 Å². The second-order valence-corrected chi connectivity index (χ2v) is 8.17. The minimum atomic E-state index is -0.0338. The first-order valence-corrected chi connectivity index (χ1v) is 11.1. The number of benzene rings is 2. The molecule has 1 unspecified atom stereocenters. The molecule has 0 saturated carbocycles. The molecule has 1 aliphatic heterocycles. The molecule has 2 aromatic carbocycles. The Morgan fingerprint density at radius 1 is 0.969 bits per heavy atom. The van der Waals surface area contributed by atoms with Gasteiger partial charge in [0.15, 0.2) is 5.82 Å². The highest BCUT2D eigenvalue weighted by Gasteiger charge is 2.31. The van der Waals surface area contributed by atoms with Crippen LogP contribution in [0, 0.1) is 13.8 Å². The third kappa shape index (κ3) is 4.61. The average molecular weight is 437 g/mol. The van der Waals surface area contributed by atoms with Crippen molar-refractivity contribution >= 4 is 5.69 Å². The SMILES string of the molecule is COCCn1nnnc1C(c1ccc(OC)cc1)N1CCN(c2cccc(C)c2C)CC1. The summed E-state index contributed by atoms with van der Waals surface area (Å²) >= 11 is 0. The van der Waals surface area contributed by atoms with Crippen LogP contribution in [0.25, 0.3) is 0 Å². The van der Waals surface area contributed by atoms with Crippen LogP contribution < -0.4 is 9.64 Å². The van der Waals surface area contributed by atoms with Crippen molar-refractivity contribution in [2.24, 2.45) is 0 Å². The summed E-state index contributed by atoms with van der Waals surface area (Å²) in [6, 6.07) is 14.7. The summed E-state index contributed by atoms with van der Waals surface area (Å²) < 4.78 is 12.5. The van der Waals surface area contributed by atoms with E-state index in [1.807, 2.05) is 16.8 Å². The Morgan fingerprint density at radius 2 is 1.72 bits per heavy atom. The van der Waals surface area contributed by atoms with Crippen LogP contribution in [0.4, 0.5) is 5.69 Å². The molecule has 0 aliphatic carbocycles. The predicted octanol–water partition coefficient (Wildman–Crippen LogP) is 2.86. The zero-order chi connectivity index (χ0) is 22.5. The first-order valence-electron chi connectivity index (χ1n) is 11.1. The number of hydrogen-bond acceptors (Lipinski definition) is 7. The minimum Gasteiger partial charge on any atom is -0.497 e. The molecule has 2 heterocycles. The number of anilines is 1. The van der Waals surface area contributed by atoms with Crippen molar-refractivity contribution in [1.82, 2.24) is 25.1 Å². The monoisotopic (exact) mass is 436 g/mol. The number of rotatable bonds is 8. The molecule has 0 spiro atoms. The highest BCUT2D eigenvalue weighted by Crippen LogP contribution is 2.31. The molecule has 0 N–H and O–H groups in total. The summed E-state index contributed by atoms with van der Waals surface area (Å²) in [6.07, 6.45) is 0. The van der Waals surface area contributed by atoms with E-state index in [1.165, 1.54) is 16.8 Å². The summed E-state index contributed by atoms with van der Waals surface area (Å²) in [5, 5.41) is 12.6. The van der Waals surface area contributed by atoms with Gasteiger partial charge in [-0.3, -0.25) is 4.90 Å². The molecule has 4 rings (SSSR count). The Kier molecular flexibility index (Phi) is 7.02. The first kappa shape index (κ1) is 22.2. The predicted molar refractivity (Wildman–Crippen MR) is 124 cm³/mol. The normalized spacial score (nSPS) is 15.7. The molecule has 0 radical (unpaired) electrons. The Bertz CT molecular complexity index is 1010. The number of piperazine rings is 1. The average Bonchev–Trinajstić information content (AvgIpc) is 3.28. The molecular formula is C24H32N6O2. The quantitative estimate of drug-likeness (QED) is 0.538. The number of methoxy groups -OCH3 is 2. The van der Waals surface area contributed by atoms with Crippen LogP contribution in [-0.2, 0) is 11.3 Å².